The van der Waals surface area contributed by atoms with E-state index in [-0.39, 0.29) is 18.2 Å². The van der Waals surface area contributed by atoms with E-state index in [1.54, 1.807) is 0 Å². The molecule has 0 fully saturated rings. The van der Waals surface area contributed by atoms with Crippen LogP contribution in [0.15, 0.2) is 4.79 Å². The van der Waals surface area contributed by atoms with Crippen LogP contribution >= 0.6 is 0 Å². The summed E-state index contributed by atoms with van der Waals surface area (Å²) in [5.41, 5.74) is -0.406. The van der Waals surface area contributed by atoms with Crippen LogP contribution in [0.3, 0.4) is 0 Å². The van der Waals surface area contributed by atoms with Crippen LogP contribution in [0.5, 0.6) is 5.88 Å². The number of imidazole rings is 1. The van der Waals surface area contributed by atoms with Gasteiger partial charge in [-0.1, -0.05) is 0 Å². The first-order valence-corrected chi connectivity index (χ1v) is 2.35. The first kappa shape index (κ1) is 5.90. The van der Waals surface area contributed by atoms with Crippen LogP contribution in [0.4, 0.5) is 0 Å². The van der Waals surface area contributed by atoms with E-state index in [4.69, 9.17) is 10.2 Å². The Morgan fingerprint density at radius 3 is 2.33 bits per heavy atom. The molecule has 0 radical (unpaired) electrons. The van der Waals surface area contributed by atoms with Crippen molar-refractivity contribution < 1.29 is 10.2 Å². The van der Waals surface area contributed by atoms with Gasteiger partial charge in [0, 0.05) is 0 Å². The molecule has 5 nitrogen and oxygen atoms in total. The van der Waals surface area contributed by atoms with Crippen LogP contribution in [0, 0.1) is 0 Å². The zero-order valence-electron chi connectivity index (χ0n) is 4.51. The average molecular weight is 130 g/mol. The number of hydrogen-bond acceptors (Lipinski definition) is 3. The van der Waals surface area contributed by atoms with Gasteiger partial charge >= 0.3 is 5.69 Å². The Kier molecular flexibility index (Phi) is 1.27. The van der Waals surface area contributed by atoms with Crippen LogP contribution in [-0.4, -0.2) is 20.2 Å². The number of aliphatic hydroxyl groups excluding tert-OH is 1. The Hall–Kier alpha value is -1.23. The van der Waals surface area contributed by atoms with Crippen LogP contribution < -0.4 is 5.69 Å². The molecular formula is C4H6N2O3. The SMILES string of the molecule is O=c1[nH]c(O)c(CO)[nH]1. The fourth-order valence-corrected chi connectivity index (χ4v) is 0.525. The molecule has 0 aliphatic heterocycles. The molecule has 0 aliphatic carbocycles. The van der Waals surface area contributed by atoms with Crippen molar-refractivity contribution in [1.29, 1.82) is 0 Å². The van der Waals surface area contributed by atoms with Gasteiger partial charge in [0.15, 0.2) is 0 Å². The molecule has 4 N–H and O–H groups in total. The third-order valence-corrected chi connectivity index (χ3v) is 0.940. The molecule has 1 rings (SSSR count). The molecule has 0 unspecified atom stereocenters. The molecule has 0 bridgehead atoms. The van der Waals surface area contributed by atoms with Crippen molar-refractivity contribution in [3.05, 3.63) is 16.2 Å². The van der Waals surface area contributed by atoms with E-state index >= 15 is 0 Å². The van der Waals surface area contributed by atoms with E-state index in [0.29, 0.717) is 0 Å². The summed E-state index contributed by atoms with van der Waals surface area (Å²) in [6.45, 7) is -0.370. The predicted molar refractivity (Wildman–Crippen MR) is 29.0 cm³/mol. The maximum Gasteiger partial charge on any atom is 0.326 e. The lowest BCUT2D eigenvalue weighted by molar-refractivity contribution is 0.270. The van der Waals surface area contributed by atoms with Crippen molar-refractivity contribution in [2.45, 2.75) is 6.61 Å². The highest BCUT2D eigenvalue weighted by Crippen LogP contribution is 2.04. The van der Waals surface area contributed by atoms with E-state index in [2.05, 4.69) is 4.98 Å². The van der Waals surface area contributed by atoms with Crippen molar-refractivity contribution in [3.63, 3.8) is 0 Å². The fraction of sp³-hybridized carbons (Fsp3) is 0.250. The van der Waals surface area contributed by atoms with Gasteiger partial charge in [-0.15, -0.1) is 0 Å². The molecule has 0 atom stereocenters. The molecule has 0 aliphatic rings. The molecule has 0 saturated heterocycles. The number of nitrogens with one attached hydrogen (secondary N) is 2. The van der Waals surface area contributed by atoms with E-state index in [0.717, 1.165) is 0 Å². The summed E-state index contributed by atoms with van der Waals surface area (Å²) in [4.78, 5) is 14.5. The number of H-pyrrole nitrogens is 2. The molecule has 9 heavy (non-hydrogen) atoms. The van der Waals surface area contributed by atoms with Gasteiger partial charge in [0.25, 0.3) is 0 Å². The van der Waals surface area contributed by atoms with Gasteiger partial charge in [-0.3, -0.25) is 4.98 Å². The molecule has 0 spiro atoms. The average Bonchev–Trinajstić information content (AvgIpc) is 2.10. The highest BCUT2D eigenvalue weighted by Gasteiger charge is 2.00. The molecule has 1 aromatic rings. The highest BCUT2D eigenvalue weighted by atomic mass is 16.3. The summed E-state index contributed by atoms with van der Waals surface area (Å²) in [5.74, 6) is -0.303. The van der Waals surface area contributed by atoms with Crippen LogP contribution in [-0.2, 0) is 6.61 Å². The van der Waals surface area contributed by atoms with Gasteiger partial charge < -0.3 is 15.2 Å². The molecule has 0 aromatic carbocycles. The summed E-state index contributed by atoms with van der Waals surface area (Å²) in [6, 6.07) is 0. The summed E-state index contributed by atoms with van der Waals surface area (Å²) in [6.07, 6.45) is 0. The minimum absolute atomic E-state index is 0.111. The Bertz CT molecular complexity index is 249. The molecule has 1 heterocycles. The molecule has 5 heteroatoms. The second-order valence-electron chi connectivity index (χ2n) is 1.56. The molecule has 50 valence electrons. The van der Waals surface area contributed by atoms with E-state index in [1.807, 2.05) is 4.98 Å². The zero-order chi connectivity index (χ0) is 6.85. The van der Waals surface area contributed by atoms with Crippen LogP contribution in [0.1, 0.15) is 5.69 Å². The Morgan fingerprint density at radius 1 is 1.44 bits per heavy atom. The summed E-state index contributed by atoms with van der Waals surface area (Å²) < 4.78 is 0. The maximum atomic E-state index is 10.3. The van der Waals surface area contributed by atoms with Gasteiger partial charge in [0.2, 0.25) is 5.88 Å². The first-order chi connectivity index (χ1) is 4.24. The lowest BCUT2D eigenvalue weighted by Gasteiger charge is -1.85. The standard InChI is InChI=1S/C4H6N2O3/c7-1-2-3(8)6-4(9)5-2/h7-8H,1H2,(H2,5,6,9). The van der Waals surface area contributed by atoms with Gasteiger partial charge in [-0.25, -0.2) is 4.79 Å². The highest BCUT2D eigenvalue weighted by molar-refractivity contribution is 5.14. The van der Waals surface area contributed by atoms with Gasteiger partial charge in [-0.2, -0.15) is 0 Å². The summed E-state index contributed by atoms with van der Waals surface area (Å²) >= 11 is 0. The van der Waals surface area contributed by atoms with Crippen molar-refractivity contribution in [2.24, 2.45) is 0 Å². The van der Waals surface area contributed by atoms with Gasteiger partial charge in [0.1, 0.15) is 5.69 Å². The zero-order valence-corrected chi connectivity index (χ0v) is 4.51. The Balaban J connectivity index is 3.16. The van der Waals surface area contributed by atoms with Crippen molar-refractivity contribution in [3.8, 4) is 5.88 Å². The second kappa shape index (κ2) is 1.94. The number of aromatic nitrogens is 2. The third-order valence-electron chi connectivity index (χ3n) is 0.940. The molecule has 1 aromatic heterocycles. The Morgan fingerprint density at radius 2 is 2.11 bits per heavy atom. The van der Waals surface area contributed by atoms with E-state index < -0.39 is 5.69 Å². The van der Waals surface area contributed by atoms with Gasteiger partial charge in [-0.05, 0) is 0 Å². The summed E-state index contributed by atoms with van der Waals surface area (Å²) in [7, 11) is 0. The topological polar surface area (TPSA) is 89.1 Å². The number of rotatable bonds is 1. The second-order valence-corrected chi connectivity index (χ2v) is 1.56. The summed E-state index contributed by atoms with van der Waals surface area (Å²) in [5, 5.41) is 17.1. The van der Waals surface area contributed by atoms with E-state index in [1.165, 1.54) is 0 Å². The Labute approximate surface area is 50.0 Å². The number of aromatic amines is 2. The first-order valence-electron chi connectivity index (χ1n) is 2.35. The number of aliphatic hydroxyl groups is 1. The van der Waals surface area contributed by atoms with Gasteiger partial charge in [0.05, 0.1) is 6.61 Å². The van der Waals surface area contributed by atoms with Crippen molar-refractivity contribution in [1.82, 2.24) is 9.97 Å². The lowest BCUT2D eigenvalue weighted by Crippen LogP contribution is -2.00. The normalized spacial score (nSPS) is 9.89. The lowest BCUT2D eigenvalue weighted by atomic mass is 10.5. The fourth-order valence-electron chi connectivity index (χ4n) is 0.525. The maximum absolute atomic E-state index is 10.3. The number of hydrogen-bond donors (Lipinski definition) is 4. The number of aromatic hydroxyl groups is 1. The van der Waals surface area contributed by atoms with Crippen LogP contribution in [0.25, 0.3) is 0 Å². The van der Waals surface area contributed by atoms with E-state index in [9.17, 15) is 4.79 Å². The van der Waals surface area contributed by atoms with Crippen LogP contribution in [0.2, 0.25) is 0 Å². The van der Waals surface area contributed by atoms with Crippen molar-refractivity contribution in [2.75, 3.05) is 0 Å². The smallest absolute Gasteiger partial charge is 0.326 e. The monoisotopic (exact) mass is 130 g/mol. The largest absolute Gasteiger partial charge is 0.493 e. The molecule has 0 amide bonds. The third kappa shape index (κ3) is 0.945. The molecule has 0 saturated carbocycles. The molecular weight excluding hydrogens is 124 g/mol. The minimum Gasteiger partial charge on any atom is -0.493 e. The predicted octanol–water partition coefficient (Wildman–Crippen LogP) is -1.10. The minimum atomic E-state index is -0.517. The van der Waals surface area contributed by atoms with Crippen molar-refractivity contribution >= 4 is 0 Å². The quantitative estimate of drug-likeness (QED) is 0.389.